The van der Waals surface area contributed by atoms with Gasteiger partial charge in [0.1, 0.15) is 18.0 Å². The molecule has 1 aliphatic rings. The maximum atomic E-state index is 14.4. The van der Waals surface area contributed by atoms with Gasteiger partial charge in [0.05, 0.1) is 13.7 Å². The number of likely N-dealkylation sites (N-methyl/N-ethyl adjacent to an activating group) is 1. The molecule has 3 aromatic rings. The van der Waals surface area contributed by atoms with E-state index >= 15 is 0 Å². The third kappa shape index (κ3) is 7.52. The number of ether oxygens (including phenoxy) is 2. The molecule has 0 spiro atoms. The highest BCUT2D eigenvalue weighted by Gasteiger charge is 2.41. The molecular formula is C26H29F3N6O3S. The molecule has 0 saturated carbocycles. The fourth-order valence-corrected chi connectivity index (χ4v) is 4.78. The molecule has 0 aliphatic carbocycles. The van der Waals surface area contributed by atoms with Gasteiger partial charge >= 0.3 is 6.18 Å². The van der Waals surface area contributed by atoms with Crippen molar-refractivity contribution in [1.29, 1.82) is 0 Å². The number of methoxy groups -OCH3 is 1. The first kappa shape index (κ1) is 28.5. The molecule has 13 heteroatoms. The number of rotatable bonds is 9. The fraction of sp³-hybridized carbons (Fsp3) is 0.346. The quantitative estimate of drug-likeness (QED) is 0.376. The van der Waals surface area contributed by atoms with E-state index in [0.29, 0.717) is 42.5 Å². The standard InChI is InChI=1S/C26H29F3N6O3S/c1-34-8-10-35(11-9-34)22-23(26(27,28)29)32-25(33-24(22)38-16-17-6-4-3-5-7-17)39-20-13-18(31-21(36)15-30)12-19(14-20)37-2/h3-7,12-14H,8-11,15-16,30H2,1-2H3,(H,31,36). The van der Waals surface area contributed by atoms with Gasteiger partial charge in [0.15, 0.2) is 10.9 Å². The fourth-order valence-electron chi connectivity index (χ4n) is 3.94. The summed E-state index contributed by atoms with van der Waals surface area (Å²) < 4.78 is 54.5. The minimum atomic E-state index is -4.75. The van der Waals surface area contributed by atoms with Crippen LogP contribution in [0.1, 0.15) is 11.3 Å². The molecule has 4 rings (SSSR count). The molecule has 208 valence electrons. The van der Waals surface area contributed by atoms with E-state index in [1.807, 2.05) is 42.3 Å². The van der Waals surface area contributed by atoms with Gasteiger partial charge < -0.3 is 30.3 Å². The van der Waals surface area contributed by atoms with Crippen molar-refractivity contribution >= 4 is 29.0 Å². The number of aromatic nitrogens is 2. The molecule has 9 nitrogen and oxygen atoms in total. The first-order valence-electron chi connectivity index (χ1n) is 12.1. The molecule has 1 amide bonds. The van der Waals surface area contributed by atoms with E-state index < -0.39 is 17.8 Å². The Bertz CT molecular complexity index is 1290. The molecule has 1 aromatic heterocycles. The van der Waals surface area contributed by atoms with Crippen LogP contribution in [0.15, 0.2) is 58.6 Å². The molecule has 2 aromatic carbocycles. The molecule has 0 unspecified atom stereocenters. The van der Waals surface area contributed by atoms with Crippen molar-refractivity contribution in [3.63, 3.8) is 0 Å². The highest BCUT2D eigenvalue weighted by Crippen LogP contribution is 2.43. The SMILES string of the molecule is COc1cc(NC(=O)CN)cc(Sc2nc(OCc3ccccc3)c(N3CCN(C)CC3)c(C(F)(F)F)n2)c1. The number of benzene rings is 2. The van der Waals surface area contributed by atoms with E-state index in [0.717, 1.165) is 17.3 Å². The number of nitrogens with two attached hydrogens (primary N) is 1. The van der Waals surface area contributed by atoms with Crippen molar-refractivity contribution < 1.29 is 27.4 Å². The van der Waals surface area contributed by atoms with Gasteiger partial charge in [0.2, 0.25) is 11.8 Å². The number of amides is 1. The van der Waals surface area contributed by atoms with Gasteiger partial charge in [-0.3, -0.25) is 4.79 Å². The summed E-state index contributed by atoms with van der Waals surface area (Å²) in [6.45, 7) is 1.73. The van der Waals surface area contributed by atoms with Gasteiger partial charge in [0.25, 0.3) is 0 Å². The maximum absolute atomic E-state index is 14.4. The number of nitrogens with one attached hydrogen (secondary N) is 1. The lowest BCUT2D eigenvalue weighted by Crippen LogP contribution is -2.45. The Kier molecular flexibility index (Phi) is 9.15. The predicted octanol–water partition coefficient (Wildman–Crippen LogP) is 3.88. The topological polar surface area (TPSA) is 106 Å². The highest BCUT2D eigenvalue weighted by molar-refractivity contribution is 7.99. The number of carbonyl (C=O) groups is 1. The summed E-state index contributed by atoms with van der Waals surface area (Å²) >= 11 is 0.896. The molecule has 0 radical (unpaired) electrons. The third-order valence-electron chi connectivity index (χ3n) is 5.93. The second-order valence-electron chi connectivity index (χ2n) is 8.82. The molecule has 2 heterocycles. The van der Waals surface area contributed by atoms with Gasteiger partial charge in [-0.15, -0.1) is 0 Å². The summed E-state index contributed by atoms with van der Waals surface area (Å²) in [6.07, 6.45) is -4.75. The van der Waals surface area contributed by atoms with Crippen LogP contribution in [-0.2, 0) is 17.6 Å². The minimum absolute atomic E-state index is 0.0361. The molecule has 39 heavy (non-hydrogen) atoms. The summed E-state index contributed by atoms with van der Waals surface area (Å²) in [5, 5.41) is 2.46. The van der Waals surface area contributed by atoms with Gasteiger partial charge in [-0.1, -0.05) is 30.3 Å². The molecule has 0 atom stereocenters. The molecule has 1 saturated heterocycles. The molecule has 0 bridgehead atoms. The summed E-state index contributed by atoms with van der Waals surface area (Å²) in [5.74, 6) is -0.186. The monoisotopic (exact) mass is 562 g/mol. The first-order chi connectivity index (χ1) is 18.7. The van der Waals surface area contributed by atoms with Gasteiger partial charge in [-0.05, 0) is 36.5 Å². The van der Waals surface area contributed by atoms with Crippen molar-refractivity contribution in [1.82, 2.24) is 14.9 Å². The van der Waals surface area contributed by atoms with Crippen molar-refractivity contribution in [2.75, 3.05) is 57.1 Å². The predicted molar refractivity (Wildman–Crippen MR) is 142 cm³/mol. The van der Waals surface area contributed by atoms with E-state index in [4.69, 9.17) is 15.2 Å². The lowest BCUT2D eigenvalue weighted by molar-refractivity contribution is -0.141. The normalized spacial score (nSPS) is 14.3. The second kappa shape index (κ2) is 12.5. The smallest absolute Gasteiger partial charge is 0.435 e. The van der Waals surface area contributed by atoms with E-state index in [9.17, 15) is 18.0 Å². The summed E-state index contributed by atoms with van der Waals surface area (Å²) in [6, 6.07) is 13.9. The van der Waals surface area contributed by atoms with Crippen molar-refractivity contribution in [3.05, 3.63) is 59.8 Å². The van der Waals surface area contributed by atoms with Crippen LogP contribution in [0, 0.1) is 0 Å². The number of piperazine rings is 1. The van der Waals surface area contributed by atoms with Crippen LogP contribution in [-0.4, -0.2) is 67.7 Å². The third-order valence-corrected chi connectivity index (χ3v) is 6.77. The maximum Gasteiger partial charge on any atom is 0.435 e. The Hall–Kier alpha value is -3.55. The van der Waals surface area contributed by atoms with Gasteiger partial charge in [0, 0.05) is 42.8 Å². The lowest BCUT2D eigenvalue weighted by Gasteiger charge is -2.35. The average molecular weight is 563 g/mol. The molecular weight excluding hydrogens is 533 g/mol. The Morgan fingerprint density at radius 1 is 1.10 bits per heavy atom. The summed E-state index contributed by atoms with van der Waals surface area (Å²) in [7, 11) is 3.36. The second-order valence-corrected chi connectivity index (χ2v) is 9.86. The first-order valence-corrected chi connectivity index (χ1v) is 12.9. The van der Waals surface area contributed by atoms with Crippen LogP contribution in [0.25, 0.3) is 0 Å². The molecule has 3 N–H and O–H groups in total. The van der Waals surface area contributed by atoms with Crippen molar-refractivity contribution in [3.8, 4) is 11.6 Å². The van der Waals surface area contributed by atoms with Crippen LogP contribution in [0.3, 0.4) is 0 Å². The van der Waals surface area contributed by atoms with E-state index in [2.05, 4.69) is 15.3 Å². The highest BCUT2D eigenvalue weighted by atomic mass is 32.2. The number of hydrogen-bond donors (Lipinski definition) is 2. The lowest BCUT2D eigenvalue weighted by atomic mass is 10.2. The number of anilines is 2. The number of nitrogens with zero attached hydrogens (tertiary/aromatic N) is 4. The van der Waals surface area contributed by atoms with Crippen LogP contribution in [0.5, 0.6) is 11.6 Å². The van der Waals surface area contributed by atoms with Gasteiger partial charge in [-0.25, -0.2) is 4.98 Å². The number of carbonyl (C=O) groups excluding carboxylic acids is 1. The Morgan fingerprint density at radius 2 is 1.82 bits per heavy atom. The number of hydrogen-bond acceptors (Lipinski definition) is 9. The zero-order valence-corrected chi connectivity index (χ0v) is 22.3. The van der Waals surface area contributed by atoms with E-state index in [1.54, 1.807) is 23.1 Å². The van der Waals surface area contributed by atoms with Crippen molar-refractivity contribution in [2.45, 2.75) is 22.8 Å². The Labute approximate surface area is 228 Å². The van der Waals surface area contributed by atoms with E-state index in [-0.39, 0.29) is 29.9 Å². The molecule has 1 fully saturated rings. The largest absolute Gasteiger partial charge is 0.497 e. The number of halogens is 3. The zero-order valence-electron chi connectivity index (χ0n) is 21.5. The Balaban J connectivity index is 1.75. The zero-order chi connectivity index (χ0) is 28.0. The van der Waals surface area contributed by atoms with Crippen LogP contribution >= 0.6 is 11.8 Å². The average Bonchev–Trinajstić information content (AvgIpc) is 2.92. The van der Waals surface area contributed by atoms with E-state index in [1.165, 1.54) is 7.11 Å². The van der Waals surface area contributed by atoms with Crippen LogP contribution in [0.4, 0.5) is 24.5 Å². The Morgan fingerprint density at radius 3 is 2.46 bits per heavy atom. The summed E-state index contributed by atoms with van der Waals surface area (Å²) in [4.78, 5) is 24.3. The minimum Gasteiger partial charge on any atom is -0.497 e. The number of alkyl halides is 3. The summed E-state index contributed by atoms with van der Waals surface area (Å²) in [5.41, 5.74) is 5.31. The van der Waals surface area contributed by atoms with Crippen LogP contribution < -0.4 is 25.4 Å². The van der Waals surface area contributed by atoms with Crippen LogP contribution in [0.2, 0.25) is 0 Å². The molecule has 1 aliphatic heterocycles. The van der Waals surface area contributed by atoms with Gasteiger partial charge in [-0.2, -0.15) is 18.2 Å². The van der Waals surface area contributed by atoms with Crippen molar-refractivity contribution in [2.24, 2.45) is 5.73 Å².